The molecule has 0 saturated heterocycles. The Labute approximate surface area is 277 Å². The number of nitrogen functional groups attached to an aromatic ring is 1. The summed E-state index contributed by atoms with van der Waals surface area (Å²) in [5.41, 5.74) is 13.2. The van der Waals surface area contributed by atoms with Gasteiger partial charge < -0.3 is 9.47 Å². The predicted molar refractivity (Wildman–Crippen MR) is 187 cm³/mol. The van der Waals surface area contributed by atoms with Gasteiger partial charge in [0, 0.05) is 0 Å². The van der Waals surface area contributed by atoms with Gasteiger partial charge in [-0.3, -0.25) is 0 Å². The zero-order valence-electron chi connectivity index (χ0n) is 25.9. The first-order valence-electron chi connectivity index (χ1n) is 15.9. The van der Waals surface area contributed by atoms with Crippen LogP contribution in [0.2, 0.25) is 0 Å². The second-order valence-electron chi connectivity index (χ2n) is 11.6. The van der Waals surface area contributed by atoms with Gasteiger partial charge in [0.05, 0.1) is 19.8 Å². The first-order valence-corrected chi connectivity index (χ1v) is 20.1. The van der Waals surface area contributed by atoms with Crippen LogP contribution in [0.15, 0.2) is 91.0 Å². The van der Waals surface area contributed by atoms with Gasteiger partial charge in [-0.25, -0.2) is 0 Å². The van der Waals surface area contributed by atoms with Gasteiger partial charge in [0.1, 0.15) is 11.5 Å². The van der Waals surface area contributed by atoms with Crippen LogP contribution >= 0.6 is 17.5 Å². The van der Waals surface area contributed by atoms with E-state index >= 15 is 0 Å². The van der Waals surface area contributed by atoms with E-state index in [1.807, 2.05) is 48.5 Å². The standard InChI is InChI=1S/C26H35O2P.C12H10N.ClH.Pd/c1-27-23-17-11-18-24(28-2)26(23)22-16-9-10-19-25(22)29(20-12-5-3-6-13-20)21-14-7-4-8-15-21;13-12-9-5-4-8-11(12)10-6-2-1-3-7-10;;/h9-11,16-21H,3-8,12-15H2,1-2H3;1-6,8-9H,13H2;1H;/q;;;+1/p-1. The van der Waals surface area contributed by atoms with E-state index in [-0.39, 0.29) is 24.9 Å². The quantitative estimate of drug-likeness (QED) is 0.112. The van der Waals surface area contributed by atoms with Gasteiger partial charge in [-0.2, -0.15) is 0 Å². The van der Waals surface area contributed by atoms with Gasteiger partial charge >= 0.3 is 102 Å². The molecule has 0 atom stereocenters. The minimum absolute atomic E-state index is 0.0778. The van der Waals surface area contributed by atoms with E-state index in [2.05, 4.69) is 42.5 Å². The summed E-state index contributed by atoms with van der Waals surface area (Å²) in [4.78, 5) is 0. The number of para-hydroxylation sites is 1. The fourth-order valence-electron chi connectivity index (χ4n) is 6.89. The molecule has 0 radical (unpaired) electrons. The Morgan fingerprint density at radius 3 is 1.66 bits per heavy atom. The Morgan fingerprint density at radius 1 is 0.614 bits per heavy atom. The topological polar surface area (TPSA) is 44.5 Å². The molecular formula is C38H45ClNO2PPd. The molecule has 6 heteroatoms. The Kier molecular flexibility index (Phi) is 12.6. The Morgan fingerprint density at radius 2 is 1.11 bits per heavy atom. The number of nitrogens with two attached hydrogens (primary N) is 1. The third-order valence-corrected chi connectivity index (χ3v) is 14.3. The van der Waals surface area contributed by atoms with Gasteiger partial charge in [0.25, 0.3) is 0 Å². The summed E-state index contributed by atoms with van der Waals surface area (Å²) in [5.74, 6) is 1.83. The average Bonchev–Trinajstić information content (AvgIpc) is 3.10. The molecule has 0 bridgehead atoms. The monoisotopic (exact) mass is 719 g/mol. The van der Waals surface area contributed by atoms with Crippen LogP contribution < -0.4 is 24.5 Å². The molecule has 2 fully saturated rings. The van der Waals surface area contributed by atoms with Crippen molar-refractivity contribution in [2.75, 3.05) is 20.0 Å². The van der Waals surface area contributed by atoms with E-state index in [1.54, 1.807) is 19.5 Å². The molecule has 0 spiro atoms. The minimum atomic E-state index is -0.182. The first kappa shape index (κ1) is 33.0. The summed E-state index contributed by atoms with van der Waals surface area (Å²) < 4.78 is 12.7. The molecule has 0 aliphatic heterocycles. The zero-order valence-corrected chi connectivity index (χ0v) is 29.1. The molecule has 2 aliphatic carbocycles. The second kappa shape index (κ2) is 16.8. The van der Waals surface area contributed by atoms with Crippen molar-refractivity contribution in [2.45, 2.75) is 75.5 Å². The fourth-order valence-corrected chi connectivity index (χ4v) is 12.2. The van der Waals surface area contributed by atoms with E-state index < -0.39 is 0 Å². The number of rotatable bonds is 8. The number of anilines is 1. The molecule has 6 rings (SSSR count). The second-order valence-corrected chi connectivity index (χ2v) is 16.2. The molecule has 2 N–H and O–H groups in total. The average molecular weight is 721 g/mol. The third-order valence-electron chi connectivity index (χ3n) is 8.98. The van der Waals surface area contributed by atoms with E-state index in [0.717, 1.165) is 49.2 Å². The Balaban J connectivity index is 0.000000215. The summed E-state index contributed by atoms with van der Waals surface area (Å²) in [6.07, 6.45) is 14.2. The molecule has 0 amide bonds. The SMILES string of the molecule is COc1cccc(OC)c1-c1ccccc1P(C1CCCCC1)C1CCCCC1.Nc1ccccc1-c1cccc[c]1[Pd][Cl]. The summed E-state index contributed by atoms with van der Waals surface area (Å²) in [6.45, 7) is 0. The van der Waals surface area contributed by atoms with Crippen molar-refractivity contribution in [1.82, 2.24) is 0 Å². The van der Waals surface area contributed by atoms with Gasteiger partial charge in [-0.1, -0.05) is 76.8 Å². The summed E-state index contributed by atoms with van der Waals surface area (Å²) in [5, 5.41) is 1.59. The maximum atomic E-state index is 5.94. The third kappa shape index (κ3) is 7.89. The number of methoxy groups -OCH3 is 2. The molecular weight excluding hydrogens is 675 g/mol. The van der Waals surface area contributed by atoms with Crippen molar-refractivity contribution >= 4 is 32.5 Å². The normalized spacial score (nSPS) is 15.9. The number of hydrogen-bond donors (Lipinski definition) is 1. The van der Waals surface area contributed by atoms with Crippen LogP contribution in [0.25, 0.3) is 22.3 Å². The molecule has 3 nitrogen and oxygen atoms in total. The van der Waals surface area contributed by atoms with Crippen LogP contribution in [0, 0.1) is 0 Å². The molecule has 0 heterocycles. The van der Waals surface area contributed by atoms with Crippen molar-refractivity contribution in [3.05, 3.63) is 91.0 Å². The zero-order chi connectivity index (χ0) is 30.7. The number of ether oxygens (including phenoxy) is 2. The summed E-state index contributed by atoms with van der Waals surface area (Å²) >= 11 is 0.0778. The molecule has 4 aromatic carbocycles. The summed E-state index contributed by atoms with van der Waals surface area (Å²) in [7, 11) is 9.30. The van der Waals surface area contributed by atoms with Crippen LogP contribution in [0.3, 0.4) is 0 Å². The Hall–Kier alpha value is -2.34. The maximum absolute atomic E-state index is 5.94. The first-order chi connectivity index (χ1) is 21.7. The van der Waals surface area contributed by atoms with Crippen molar-refractivity contribution in [1.29, 1.82) is 0 Å². The van der Waals surface area contributed by atoms with E-state index in [0.29, 0.717) is 0 Å². The molecule has 2 saturated carbocycles. The summed E-state index contributed by atoms with van der Waals surface area (Å²) in [6, 6.07) is 31.3. The number of benzene rings is 4. The molecule has 0 aromatic heterocycles. The van der Waals surface area contributed by atoms with Crippen molar-refractivity contribution in [3.8, 4) is 33.8 Å². The Bertz CT molecular complexity index is 1450. The van der Waals surface area contributed by atoms with Gasteiger partial charge in [-0.05, 0) is 60.0 Å². The fraction of sp³-hybridized carbons (Fsp3) is 0.368. The number of hydrogen-bond acceptors (Lipinski definition) is 3. The van der Waals surface area contributed by atoms with Crippen LogP contribution in [-0.2, 0) is 17.0 Å². The van der Waals surface area contributed by atoms with Crippen LogP contribution in [0.1, 0.15) is 64.2 Å². The van der Waals surface area contributed by atoms with Gasteiger partial charge in [0.2, 0.25) is 0 Å². The van der Waals surface area contributed by atoms with Crippen molar-refractivity contribution in [2.24, 2.45) is 0 Å². The molecule has 4 aromatic rings. The van der Waals surface area contributed by atoms with Crippen LogP contribution in [0.5, 0.6) is 11.5 Å². The van der Waals surface area contributed by atoms with Crippen molar-refractivity contribution in [3.63, 3.8) is 0 Å². The van der Waals surface area contributed by atoms with Gasteiger partial charge in [-0.15, -0.1) is 0 Å². The van der Waals surface area contributed by atoms with Crippen molar-refractivity contribution < 1.29 is 26.4 Å². The van der Waals surface area contributed by atoms with E-state index in [1.165, 1.54) is 69.8 Å². The van der Waals surface area contributed by atoms with Crippen LogP contribution in [-0.4, -0.2) is 25.5 Å². The van der Waals surface area contributed by atoms with Crippen LogP contribution in [0.4, 0.5) is 5.69 Å². The molecule has 2 aliphatic rings. The van der Waals surface area contributed by atoms with E-state index in [9.17, 15) is 0 Å². The molecule has 236 valence electrons. The predicted octanol–water partition coefficient (Wildman–Crippen LogP) is 9.94. The van der Waals surface area contributed by atoms with Gasteiger partial charge in [0.15, 0.2) is 0 Å². The molecule has 44 heavy (non-hydrogen) atoms. The number of halogens is 1. The van der Waals surface area contributed by atoms with E-state index in [4.69, 9.17) is 24.7 Å². The molecule has 0 unspecified atom stereocenters.